The van der Waals surface area contributed by atoms with Crippen LogP contribution in [-0.2, 0) is 0 Å². The van der Waals surface area contributed by atoms with Crippen molar-refractivity contribution < 1.29 is 9.53 Å². The summed E-state index contributed by atoms with van der Waals surface area (Å²) in [6.45, 7) is 4.78. The van der Waals surface area contributed by atoms with Crippen LogP contribution in [0.3, 0.4) is 0 Å². The second-order valence-corrected chi connectivity index (χ2v) is 8.39. The third kappa shape index (κ3) is 7.75. The molecule has 0 bridgehead atoms. The monoisotopic (exact) mass is 466 g/mol. The number of amides is 1. The van der Waals surface area contributed by atoms with Gasteiger partial charge in [0.1, 0.15) is 11.4 Å². The van der Waals surface area contributed by atoms with Gasteiger partial charge in [0.15, 0.2) is 0 Å². The number of hydrogen-bond acceptors (Lipinski definition) is 4. The maximum atomic E-state index is 12.4. The van der Waals surface area contributed by atoms with Crippen molar-refractivity contribution in [2.45, 2.75) is 52.4 Å². The quantitative estimate of drug-likeness (QED) is 0.179. The molecule has 0 aliphatic carbocycles. The van der Waals surface area contributed by atoms with Gasteiger partial charge in [-0.15, -0.1) is 0 Å². The number of aromatic amines is 1. The van der Waals surface area contributed by atoms with Gasteiger partial charge in [-0.25, -0.2) is 5.43 Å². The van der Waals surface area contributed by atoms with Crippen molar-refractivity contribution in [2.75, 3.05) is 6.61 Å². The number of unbranched alkanes of at least 4 members (excludes halogenated alkanes) is 5. The topological polar surface area (TPSA) is 79.4 Å². The molecular formula is C26H31ClN4O2. The van der Waals surface area contributed by atoms with Crippen LogP contribution in [0.1, 0.15) is 68.4 Å². The molecule has 33 heavy (non-hydrogen) atoms. The molecule has 6 nitrogen and oxygen atoms in total. The molecule has 0 saturated carbocycles. The van der Waals surface area contributed by atoms with E-state index in [0.29, 0.717) is 22.1 Å². The minimum absolute atomic E-state index is 0.334. The zero-order valence-corrected chi connectivity index (χ0v) is 20.0. The number of nitrogens with zero attached hydrogens (tertiary/aromatic N) is 2. The fourth-order valence-electron chi connectivity index (χ4n) is 3.33. The Morgan fingerprint density at radius 1 is 1.03 bits per heavy atom. The zero-order valence-electron chi connectivity index (χ0n) is 19.2. The van der Waals surface area contributed by atoms with Gasteiger partial charge in [0.05, 0.1) is 18.0 Å². The van der Waals surface area contributed by atoms with Gasteiger partial charge in [0.25, 0.3) is 5.91 Å². The van der Waals surface area contributed by atoms with Crippen molar-refractivity contribution in [1.82, 2.24) is 15.6 Å². The highest BCUT2D eigenvalue weighted by atomic mass is 35.5. The predicted molar refractivity (Wildman–Crippen MR) is 134 cm³/mol. The largest absolute Gasteiger partial charge is 0.494 e. The molecule has 3 aromatic rings. The van der Waals surface area contributed by atoms with E-state index in [2.05, 4.69) is 27.6 Å². The number of carbonyl (C=O) groups is 1. The summed E-state index contributed by atoms with van der Waals surface area (Å²) in [5.41, 5.74) is 6.03. The van der Waals surface area contributed by atoms with Crippen LogP contribution in [0, 0.1) is 0 Å². The van der Waals surface area contributed by atoms with Crippen molar-refractivity contribution in [3.63, 3.8) is 0 Å². The summed E-state index contributed by atoms with van der Waals surface area (Å²) < 4.78 is 5.83. The molecule has 0 saturated heterocycles. The van der Waals surface area contributed by atoms with Gasteiger partial charge in [-0.3, -0.25) is 9.89 Å². The third-order valence-electron chi connectivity index (χ3n) is 5.33. The molecule has 1 amide bonds. The van der Waals surface area contributed by atoms with Crippen molar-refractivity contribution in [3.8, 4) is 17.0 Å². The summed E-state index contributed by atoms with van der Waals surface area (Å²) in [5.74, 6) is 0.480. The normalized spacial score (nSPS) is 11.4. The van der Waals surface area contributed by atoms with Crippen molar-refractivity contribution in [3.05, 3.63) is 70.9 Å². The lowest BCUT2D eigenvalue weighted by Crippen LogP contribution is -2.19. The molecule has 0 atom stereocenters. The Morgan fingerprint density at radius 3 is 2.45 bits per heavy atom. The molecule has 174 valence electrons. The smallest absolute Gasteiger partial charge is 0.289 e. The van der Waals surface area contributed by atoms with Gasteiger partial charge in [-0.1, -0.05) is 62.8 Å². The summed E-state index contributed by atoms with van der Waals surface area (Å²) in [7, 11) is 0. The van der Waals surface area contributed by atoms with E-state index < -0.39 is 0 Å². The molecule has 2 aromatic carbocycles. The number of benzene rings is 2. The number of ether oxygens (including phenoxy) is 1. The standard InChI is InChI=1S/C26H31ClN4O2/c1-3-4-5-6-7-8-17-33-23-15-11-21(12-16-23)24-18-25(30-29-24)26(32)31-28-19(2)20-9-13-22(27)14-10-20/h9-16,18H,3-8,17H2,1-2H3,(H,29,30)(H,31,32)/b28-19-. The maximum absolute atomic E-state index is 12.4. The number of halogens is 1. The van der Waals surface area contributed by atoms with E-state index in [1.807, 2.05) is 43.3 Å². The first-order chi connectivity index (χ1) is 16.1. The van der Waals surface area contributed by atoms with E-state index in [1.165, 1.54) is 32.1 Å². The van der Waals surface area contributed by atoms with E-state index in [9.17, 15) is 4.79 Å². The number of aromatic nitrogens is 2. The molecule has 7 heteroatoms. The van der Waals surface area contributed by atoms with Crippen LogP contribution in [0.25, 0.3) is 11.3 Å². The summed E-state index contributed by atoms with van der Waals surface area (Å²) >= 11 is 5.91. The molecule has 0 radical (unpaired) electrons. The first-order valence-electron chi connectivity index (χ1n) is 11.5. The molecular weight excluding hydrogens is 436 g/mol. The molecule has 2 N–H and O–H groups in total. The van der Waals surface area contributed by atoms with Crippen molar-refractivity contribution in [2.24, 2.45) is 5.10 Å². The Kier molecular flexibility index (Phi) is 9.51. The number of carbonyl (C=O) groups excluding carboxylic acids is 1. The summed E-state index contributed by atoms with van der Waals surface area (Å²) in [5, 5.41) is 11.8. The van der Waals surface area contributed by atoms with Crippen LogP contribution in [0.2, 0.25) is 5.02 Å². The number of hydrazone groups is 1. The Morgan fingerprint density at radius 2 is 1.73 bits per heavy atom. The molecule has 1 heterocycles. The first-order valence-corrected chi connectivity index (χ1v) is 11.8. The highest BCUT2D eigenvalue weighted by Gasteiger charge is 2.11. The fraction of sp³-hybridized carbons (Fsp3) is 0.346. The van der Waals surface area contributed by atoms with E-state index in [4.69, 9.17) is 16.3 Å². The SMILES string of the molecule is CCCCCCCCOc1ccc(-c2cc(C(=O)N/N=C(/C)c3ccc(Cl)cc3)[nH]n2)cc1. The van der Waals surface area contributed by atoms with Gasteiger partial charge in [-0.2, -0.15) is 10.2 Å². The lowest BCUT2D eigenvalue weighted by Gasteiger charge is -2.06. The summed E-state index contributed by atoms with van der Waals surface area (Å²) in [6, 6.07) is 16.7. The Balaban J connectivity index is 1.49. The second-order valence-electron chi connectivity index (χ2n) is 7.95. The Hall–Kier alpha value is -3.12. The molecule has 0 aliphatic rings. The minimum Gasteiger partial charge on any atom is -0.494 e. The second kappa shape index (κ2) is 12.8. The van der Waals surface area contributed by atoms with Crippen LogP contribution in [0.5, 0.6) is 5.75 Å². The molecule has 1 aromatic heterocycles. The van der Waals surface area contributed by atoms with E-state index in [-0.39, 0.29) is 5.91 Å². The van der Waals surface area contributed by atoms with Crippen molar-refractivity contribution >= 4 is 23.2 Å². The number of H-pyrrole nitrogens is 1. The van der Waals surface area contributed by atoms with E-state index in [1.54, 1.807) is 18.2 Å². The molecule has 3 rings (SSSR count). The van der Waals surface area contributed by atoms with Crippen LogP contribution < -0.4 is 10.2 Å². The molecule has 0 aliphatic heterocycles. The van der Waals surface area contributed by atoms with Gasteiger partial charge in [0, 0.05) is 10.6 Å². The van der Waals surface area contributed by atoms with Gasteiger partial charge >= 0.3 is 0 Å². The Labute approximate surface area is 200 Å². The molecule has 0 unspecified atom stereocenters. The summed E-state index contributed by atoms with van der Waals surface area (Å²) in [4.78, 5) is 12.4. The van der Waals surface area contributed by atoms with Gasteiger partial charge in [-0.05, 0) is 61.4 Å². The maximum Gasteiger partial charge on any atom is 0.289 e. The Bertz CT molecular complexity index is 1040. The first kappa shape index (κ1) is 24.5. The number of rotatable bonds is 12. The average Bonchev–Trinajstić information content (AvgIpc) is 3.33. The molecule has 0 fully saturated rings. The third-order valence-corrected chi connectivity index (χ3v) is 5.58. The lowest BCUT2D eigenvalue weighted by molar-refractivity contribution is 0.0950. The van der Waals surface area contributed by atoms with E-state index in [0.717, 1.165) is 29.9 Å². The van der Waals surface area contributed by atoms with Crippen LogP contribution in [-0.4, -0.2) is 28.4 Å². The van der Waals surface area contributed by atoms with Crippen LogP contribution >= 0.6 is 11.6 Å². The lowest BCUT2D eigenvalue weighted by atomic mass is 10.1. The fourth-order valence-corrected chi connectivity index (χ4v) is 3.46. The predicted octanol–water partition coefficient (Wildman–Crippen LogP) is 6.62. The minimum atomic E-state index is -0.360. The highest BCUT2D eigenvalue weighted by molar-refractivity contribution is 6.30. The summed E-state index contributed by atoms with van der Waals surface area (Å²) in [6.07, 6.45) is 7.45. The van der Waals surface area contributed by atoms with Crippen molar-refractivity contribution in [1.29, 1.82) is 0 Å². The van der Waals surface area contributed by atoms with Gasteiger partial charge < -0.3 is 4.74 Å². The average molecular weight is 467 g/mol. The van der Waals surface area contributed by atoms with E-state index >= 15 is 0 Å². The van der Waals surface area contributed by atoms with Gasteiger partial charge in [0.2, 0.25) is 0 Å². The van der Waals surface area contributed by atoms with Crippen LogP contribution in [0.4, 0.5) is 0 Å². The number of nitrogens with one attached hydrogen (secondary N) is 2. The van der Waals surface area contributed by atoms with Crippen LogP contribution in [0.15, 0.2) is 59.7 Å². The molecule has 0 spiro atoms. The zero-order chi connectivity index (χ0) is 23.5. The number of hydrogen-bond donors (Lipinski definition) is 2. The highest BCUT2D eigenvalue weighted by Crippen LogP contribution is 2.21.